The Balaban J connectivity index is 1.82. The summed E-state index contributed by atoms with van der Waals surface area (Å²) in [6.07, 6.45) is 1.53. The molecule has 1 aromatic heterocycles. The van der Waals surface area contributed by atoms with E-state index in [-0.39, 0.29) is 17.3 Å². The first-order chi connectivity index (χ1) is 12.2. The SMILES string of the molecule is COc1cccc(Oc2ncccc2C(=O)Nc2ccc(F)cc2)c1. The number of nitrogens with zero attached hydrogens (tertiary/aromatic N) is 1. The molecule has 0 unspecified atom stereocenters. The van der Waals surface area contributed by atoms with Gasteiger partial charge in [0.25, 0.3) is 5.91 Å². The standard InChI is InChI=1S/C19H15FN2O3/c1-24-15-4-2-5-16(12-15)25-19-17(6-3-11-21-19)18(23)22-14-9-7-13(20)8-10-14/h2-12H,1H3,(H,22,23). The molecular weight excluding hydrogens is 323 g/mol. The minimum atomic E-state index is -0.405. The van der Waals surface area contributed by atoms with E-state index < -0.39 is 5.91 Å². The van der Waals surface area contributed by atoms with E-state index in [2.05, 4.69) is 10.3 Å². The number of methoxy groups -OCH3 is 1. The van der Waals surface area contributed by atoms with Crippen LogP contribution in [-0.4, -0.2) is 18.0 Å². The molecule has 1 amide bonds. The minimum Gasteiger partial charge on any atom is -0.497 e. The van der Waals surface area contributed by atoms with Crippen LogP contribution in [0.1, 0.15) is 10.4 Å². The molecular formula is C19H15FN2O3. The summed E-state index contributed by atoms with van der Waals surface area (Å²) in [6.45, 7) is 0. The Morgan fingerprint density at radius 3 is 2.56 bits per heavy atom. The smallest absolute Gasteiger partial charge is 0.261 e. The van der Waals surface area contributed by atoms with Crippen molar-refractivity contribution in [2.75, 3.05) is 12.4 Å². The van der Waals surface area contributed by atoms with E-state index in [0.717, 1.165) is 0 Å². The highest BCUT2D eigenvalue weighted by Gasteiger charge is 2.15. The van der Waals surface area contributed by atoms with Crippen LogP contribution in [0.3, 0.4) is 0 Å². The van der Waals surface area contributed by atoms with Gasteiger partial charge in [-0.05, 0) is 48.5 Å². The van der Waals surface area contributed by atoms with Gasteiger partial charge >= 0.3 is 0 Å². The monoisotopic (exact) mass is 338 g/mol. The number of pyridine rings is 1. The van der Waals surface area contributed by atoms with Crippen LogP contribution in [-0.2, 0) is 0 Å². The zero-order valence-electron chi connectivity index (χ0n) is 13.4. The molecule has 0 aliphatic rings. The van der Waals surface area contributed by atoms with Crippen molar-refractivity contribution in [1.82, 2.24) is 4.98 Å². The Hall–Kier alpha value is -3.41. The highest BCUT2D eigenvalue weighted by Crippen LogP contribution is 2.26. The molecule has 0 saturated carbocycles. The van der Waals surface area contributed by atoms with Crippen LogP contribution in [0.25, 0.3) is 0 Å². The fourth-order valence-corrected chi connectivity index (χ4v) is 2.15. The molecule has 2 aromatic carbocycles. The Kier molecular flexibility index (Phi) is 4.89. The van der Waals surface area contributed by atoms with E-state index in [4.69, 9.17) is 9.47 Å². The number of nitrogens with one attached hydrogen (secondary N) is 1. The van der Waals surface area contributed by atoms with Crippen LogP contribution in [0.15, 0.2) is 66.9 Å². The third-order valence-corrected chi connectivity index (χ3v) is 3.37. The van der Waals surface area contributed by atoms with Gasteiger partial charge in [-0.3, -0.25) is 4.79 Å². The van der Waals surface area contributed by atoms with Gasteiger partial charge in [0.1, 0.15) is 22.9 Å². The molecule has 0 fully saturated rings. The third-order valence-electron chi connectivity index (χ3n) is 3.37. The number of carbonyl (C=O) groups excluding carboxylic acids is 1. The number of halogens is 1. The number of carbonyl (C=O) groups is 1. The molecule has 1 heterocycles. The molecule has 0 spiro atoms. The maximum Gasteiger partial charge on any atom is 0.261 e. The van der Waals surface area contributed by atoms with Crippen LogP contribution in [0, 0.1) is 5.82 Å². The summed E-state index contributed by atoms with van der Waals surface area (Å²) in [6, 6.07) is 15.7. The fourth-order valence-electron chi connectivity index (χ4n) is 2.15. The Morgan fingerprint density at radius 2 is 1.80 bits per heavy atom. The average molecular weight is 338 g/mol. The number of aromatic nitrogens is 1. The van der Waals surface area contributed by atoms with Crippen molar-refractivity contribution in [3.63, 3.8) is 0 Å². The molecule has 0 radical (unpaired) electrons. The summed E-state index contributed by atoms with van der Waals surface area (Å²) in [4.78, 5) is 16.6. The van der Waals surface area contributed by atoms with Crippen molar-refractivity contribution in [2.45, 2.75) is 0 Å². The predicted molar refractivity (Wildman–Crippen MR) is 91.7 cm³/mol. The summed E-state index contributed by atoms with van der Waals surface area (Å²) in [5, 5.41) is 2.68. The lowest BCUT2D eigenvalue weighted by atomic mass is 10.2. The molecule has 0 aliphatic heterocycles. The summed E-state index contributed by atoms with van der Waals surface area (Å²) < 4.78 is 23.8. The number of hydrogen-bond donors (Lipinski definition) is 1. The minimum absolute atomic E-state index is 0.162. The van der Waals surface area contributed by atoms with Crippen molar-refractivity contribution in [3.8, 4) is 17.4 Å². The first kappa shape index (κ1) is 16.4. The largest absolute Gasteiger partial charge is 0.497 e. The summed E-state index contributed by atoms with van der Waals surface area (Å²) in [5.74, 6) is 0.508. The number of anilines is 1. The van der Waals surface area contributed by atoms with E-state index in [1.54, 1.807) is 43.5 Å². The van der Waals surface area contributed by atoms with Gasteiger partial charge in [0.2, 0.25) is 5.88 Å². The lowest BCUT2D eigenvalue weighted by Crippen LogP contribution is -2.13. The number of ether oxygens (including phenoxy) is 2. The van der Waals surface area contributed by atoms with Crippen LogP contribution >= 0.6 is 0 Å². The van der Waals surface area contributed by atoms with Gasteiger partial charge in [-0.1, -0.05) is 6.07 Å². The molecule has 126 valence electrons. The molecule has 3 aromatic rings. The molecule has 1 N–H and O–H groups in total. The van der Waals surface area contributed by atoms with Crippen LogP contribution in [0.2, 0.25) is 0 Å². The van der Waals surface area contributed by atoms with Gasteiger partial charge in [-0.2, -0.15) is 0 Å². The molecule has 5 nitrogen and oxygen atoms in total. The Bertz CT molecular complexity index is 882. The second-order valence-electron chi connectivity index (χ2n) is 5.10. The van der Waals surface area contributed by atoms with E-state index in [9.17, 15) is 9.18 Å². The van der Waals surface area contributed by atoms with Gasteiger partial charge in [0, 0.05) is 18.0 Å². The van der Waals surface area contributed by atoms with Crippen molar-refractivity contribution >= 4 is 11.6 Å². The normalized spacial score (nSPS) is 10.2. The zero-order valence-corrected chi connectivity index (χ0v) is 13.4. The molecule has 3 rings (SSSR count). The van der Waals surface area contributed by atoms with Gasteiger partial charge in [0.05, 0.1) is 7.11 Å². The lowest BCUT2D eigenvalue weighted by Gasteiger charge is -2.11. The van der Waals surface area contributed by atoms with E-state index >= 15 is 0 Å². The Labute approximate surface area is 144 Å². The highest BCUT2D eigenvalue weighted by atomic mass is 19.1. The van der Waals surface area contributed by atoms with Crippen LogP contribution in [0.4, 0.5) is 10.1 Å². The zero-order chi connectivity index (χ0) is 17.6. The van der Waals surface area contributed by atoms with Gasteiger partial charge in [-0.15, -0.1) is 0 Å². The quantitative estimate of drug-likeness (QED) is 0.754. The van der Waals surface area contributed by atoms with Crippen LogP contribution in [0.5, 0.6) is 17.4 Å². The second-order valence-corrected chi connectivity index (χ2v) is 5.10. The maximum atomic E-state index is 13.0. The summed E-state index contributed by atoms with van der Waals surface area (Å²) >= 11 is 0. The van der Waals surface area contributed by atoms with Crippen molar-refractivity contribution in [1.29, 1.82) is 0 Å². The van der Waals surface area contributed by atoms with E-state index in [1.165, 1.54) is 30.5 Å². The van der Waals surface area contributed by atoms with Gasteiger partial charge < -0.3 is 14.8 Å². The first-order valence-electron chi connectivity index (χ1n) is 7.49. The van der Waals surface area contributed by atoms with Gasteiger partial charge in [0.15, 0.2) is 0 Å². The molecule has 0 bridgehead atoms. The Morgan fingerprint density at radius 1 is 1.04 bits per heavy atom. The average Bonchev–Trinajstić information content (AvgIpc) is 2.64. The van der Waals surface area contributed by atoms with Crippen molar-refractivity contribution in [3.05, 3.63) is 78.2 Å². The van der Waals surface area contributed by atoms with E-state index in [0.29, 0.717) is 17.2 Å². The lowest BCUT2D eigenvalue weighted by molar-refractivity contribution is 0.102. The molecule has 0 atom stereocenters. The molecule has 25 heavy (non-hydrogen) atoms. The first-order valence-corrected chi connectivity index (χ1v) is 7.49. The number of benzene rings is 2. The molecule has 0 saturated heterocycles. The number of rotatable bonds is 5. The number of hydrogen-bond acceptors (Lipinski definition) is 4. The predicted octanol–water partition coefficient (Wildman–Crippen LogP) is 4.27. The topological polar surface area (TPSA) is 60.5 Å². The third kappa shape index (κ3) is 4.11. The summed E-state index contributed by atoms with van der Waals surface area (Å²) in [5.41, 5.74) is 0.734. The fraction of sp³-hybridized carbons (Fsp3) is 0.0526. The summed E-state index contributed by atoms with van der Waals surface area (Å²) in [7, 11) is 1.56. The molecule has 0 aliphatic carbocycles. The second kappa shape index (κ2) is 7.44. The van der Waals surface area contributed by atoms with Crippen LogP contribution < -0.4 is 14.8 Å². The molecule has 6 heteroatoms. The van der Waals surface area contributed by atoms with Gasteiger partial charge in [-0.25, -0.2) is 9.37 Å². The highest BCUT2D eigenvalue weighted by molar-refractivity contribution is 6.05. The van der Waals surface area contributed by atoms with E-state index in [1.807, 2.05) is 0 Å². The van der Waals surface area contributed by atoms with Crippen molar-refractivity contribution in [2.24, 2.45) is 0 Å². The number of amides is 1. The maximum absolute atomic E-state index is 13.0. The van der Waals surface area contributed by atoms with Crippen molar-refractivity contribution < 1.29 is 18.7 Å².